The van der Waals surface area contributed by atoms with E-state index in [4.69, 9.17) is 14.2 Å². The van der Waals surface area contributed by atoms with Crippen molar-refractivity contribution < 1.29 is 19.0 Å². The summed E-state index contributed by atoms with van der Waals surface area (Å²) in [6.45, 7) is 2.13. The molecule has 3 rings (SSSR count). The second-order valence-electron chi connectivity index (χ2n) is 4.21. The third-order valence-corrected chi connectivity index (χ3v) is 3.08. The molecule has 2 aromatic carbocycles. The molecule has 1 aliphatic rings. The number of aryl methyl sites for hydroxylation is 1. The van der Waals surface area contributed by atoms with Gasteiger partial charge < -0.3 is 14.2 Å². The molecular weight excluding hydrogens is 232 g/mol. The zero-order chi connectivity index (χ0) is 12.7. The summed E-state index contributed by atoms with van der Waals surface area (Å²) in [5.74, 6) is 1.13. The summed E-state index contributed by atoms with van der Waals surface area (Å²) in [5.41, 5.74) is 1.46. The second-order valence-corrected chi connectivity index (χ2v) is 4.21. The Kier molecular flexibility index (Phi) is 2.37. The Morgan fingerprint density at radius 1 is 1.11 bits per heavy atom. The van der Waals surface area contributed by atoms with E-state index in [1.807, 2.05) is 31.2 Å². The molecule has 0 fully saturated rings. The Balaban J connectivity index is 2.22. The van der Waals surface area contributed by atoms with Crippen molar-refractivity contribution in [3.63, 3.8) is 0 Å². The molecule has 92 valence electrons. The number of fused-ring (bicyclic) bond motifs is 2. The van der Waals surface area contributed by atoms with Gasteiger partial charge in [0.15, 0.2) is 11.5 Å². The van der Waals surface area contributed by atoms with Gasteiger partial charge >= 0.3 is 5.97 Å². The van der Waals surface area contributed by atoms with Crippen molar-refractivity contribution in [3.05, 3.63) is 35.4 Å². The topological polar surface area (TPSA) is 44.8 Å². The highest BCUT2D eigenvalue weighted by Crippen LogP contribution is 2.36. The number of hydrogen-bond donors (Lipinski definition) is 0. The molecule has 0 atom stereocenters. The van der Waals surface area contributed by atoms with Gasteiger partial charge in [-0.25, -0.2) is 4.79 Å². The number of carbonyl (C=O) groups is 1. The Morgan fingerprint density at radius 2 is 1.72 bits per heavy atom. The van der Waals surface area contributed by atoms with Crippen LogP contribution in [0.4, 0.5) is 0 Å². The summed E-state index contributed by atoms with van der Waals surface area (Å²) >= 11 is 0. The van der Waals surface area contributed by atoms with Gasteiger partial charge in [0.1, 0.15) is 0 Å². The van der Waals surface area contributed by atoms with Crippen molar-refractivity contribution in [3.8, 4) is 11.5 Å². The van der Waals surface area contributed by atoms with E-state index in [2.05, 4.69) is 0 Å². The third-order valence-electron chi connectivity index (χ3n) is 3.08. The third kappa shape index (κ3) is 1.57. The van der Waals surface area contributed by atoms with Crippen LogP contribution in [0.3, 0.4) is 0 Å². The van der Waals surface area contributed by atoms with Gasteiger partial charge in [-0.2, -0.15) is 0 Å². The maximum Gasteiger partial charge on any atom is 0.338 e. The average Bonchev–Trinajstić information content (AvgIpc) is 2.81. The van der Waals surface area contributed by atoms with Gasteiger partial charge in [0.2, 0.25) is 6.79 Å². The maximum absolute atomic E-state index is 11.6. The first-order chi connectivity index (χ1) is 8.69. The Bertz CT molecular complexity index is 646. The standard InChI is InChI=1S/C14H12O4/c1-8-3-9-5-12-13(18-7-17-12)6-10(9)4-11(8)14(15)16-2/h3-6H,7H2,1-2H3. The molecule has 0 unspecified atom stereocenters. The van der Waals surface area contributed by atoms with Crippen LogP contribution in [0.2, 0.25) is 0 Å². The molecule has 18 heavy (non-hydrogen) atoms. The Labute approximate surface area is 104 Å². The predicted molar refractivity (Wildman–Crippen MR) is 66.1 cm³/mol. The van der Waals surface area contributed by atoms with Gasteiger partial charge in [-0.05, 0) is 41.5 Å². The van der Waals surface area contributed by atoms with Crippen molar-refractivity contribution in [1.82, 2.24) is 0 Å². The highest BCUT2D eigenvalue weighted by Gasteiger charge is 2.16. The molecule has 0 aliphatic carbocycles. The highest BCUT2D eigenvalue weighted by molar-refractivity contribution is 5.98. The summed E-state index contributed by atoms with van der Waals surface area (Å²) < 4.78 is 15.4. The van der Waals surface area contributed by atoms with Crippen LogP contribution in [0.25, 0.3) is 10.8 Å². The number of hydrogen-bond acceptors (Lipinski definition) is 4. The minimum atomic E-state index is -0.327. The Morgan fingerprint density at radius 3 is 2.33 bits per heavy atom. The molecule has 0 spiro atoms. The Hall–Kier alpha value is -2.23. The molecule has 0 bridgehead atoms. The fourth-order valence-corrected chi connectivity index (χ4v) is 2.13. The van der Waals surface area contributed by atoms with E-state index in [0.717, 1.165) is 22.1 Å². The number of rotatable bonds is 1. The smallest absolute Gasteiger partial charge is 0.338 e. The maximum atomic E-state index is 11.6. The van der Waals surface area contributed by atoms with E-state index in [1.54, 1.807) is 0 Å². The molecule has 0 amide bonds. The lowest BCUT2D eigenvalue weighted by molar-refractivity contribution is 0.0600. The SMILES string of the molecule is COC(=O)c1cc2cc3c(cc2cc1C)OCO3. The van der Waals surface area contributed by atoms with Crippen LogP contribution in [-0.2, 0) is 4.74 Å². The quantitative estimate of drug-likeness (QED) is 0.723. The zero-order valence-electron chi connectivity index (χ0n) is 10.1. The van der Waals surface area contributed by atoms with E-state index in [-0.39, 0.29) is 12.8 Å². The van der Waals surface area contributed by atoms with Gasteiger partial charge in [0.25, 0.3) is 0 Å². The van der Waals surface area contributed by atoms with Crippen molar-refractivity contribution >= 4 is 16.7 Å². The van der Waals surface area contributed by atoms with Crippen molar-refractivity contribution in [2.75, 3.05) is 13.9 Å². The molecule has 0 aromatic heterocycles. The van der Waals surface area contributed by atoms with Gasteiger partial charge in [0.05, 0.1) is 12.7 Å². The van der Waals surface area contributed by atoms with Crippen molar-refractivity contribution in [2.45, 2.75) is 6.92 Å². The fourth-order valence-electron chi connectivity index (χ4n) is 2.13. The normalized spacial score (nSPS) is 12.8. The van der Waals surface area contributed by atoms with Gasteiger partial charge in [0, 0.05) is 0 Å². The van der Waals surface area contributed by atoms with Crippen LogP contribution >= 0.6 is 0 Å². The number of carbonyl (C=O) groups excluding carboxylic acids is 1. The van der Waals surface area contributed by atoms with E-state index in [1.165, 1.54) is 7.11 Å². The van der Waals surface area contributed by atoms with Crippen LogP contribution in [0, 0.1) is 6.92 Å². The van der Waals surface area contributed by atoms with Crippen LogP contribution in [0.5, 0.6) is 11.5 Å². The van der Waals surface area contributed by atoms with Crippen molar-refractivity contribution in [1.29, 1.82) is 0 Å². The predicted octanol–water partition coefficient (Wildman–Crippen LogP) is 2.66. The van der Waals surface area contributed by atoms with E-state index >= 15 is 0 Å². The van der Waals surface area contributed by atoms with Crippen LogP contribution < -0.4 is 9.47 Å². The summed E-state index contributed by atoms with van der Waals surface area (Å²) in [4.78, 5) is 11.6. The van der Waals surface area contributed by atoms with Gasteiger partial charge in [-0.15, -0.1) is 0 Å². The lowest BCUT2D eigenvalue weighted by atomic mass is 10.0. The van der Waals surface area contributed by atoms with E-state index in [9.17, 15) is 4.79 Å². The molecule has 0 saturated heterocycles. The summed E-state index contributed by atoms with van der Waals surface area (Å²) in [5, 5.41) is 1.95. The molecule has 1 aliphatic heterocycles. The monoisotopic (exact) mass is 244 g/mol. The average molecular weight is 244 g/mol. The minimum Gasteiger partial charge on any atom is -0.465 e. The molecule has 4 heteroatoms. The first-order valence-electron chi connectivity index (χ1n) is 5.61. The molecule has 1 heterocycles. The number of ether oxygens (including phenoxy) is 3. The molecule has 0 saturated carbocycles. The zero-order valence-corrected chi connectivity index (χ0v) is 10.1. The molecule has 2 aromatic rings. The number of esters is 1. The number of benzene rings is 2. The summed E-state index contributed by atoms with van der Waals surface area (Å²) in [6, 6.07) is 7.57. The fraction of sp³-hybridized carbons (Fsp3) is 0.214. The summed E-state index contributed by atoms with van der Waals surface area (Å²) in [6.07, 6.45) is 0. The highest BCUT2D eigenvalue weighted by atomic mass is 16.7. The summed E-state index contributed by atoms with van der Waals surface area (Å²) in [7, 11) is 1.38. The molecule has 0 radical (unpaired) electrons. The van der Waals surface area contributed by atoms with E-state index in [0.29, 0.717) is 11.3 Å². The molecular formula is C14H12O4. The second kappa shape index (κ2) is 3.91. The molecule has 0 N–H and O–H groups in total. The lowest BCUT2D eigenvalue weighted by Crippen LogP contribution is -2.03. The van der Waals surface area contributed by atoms with Crippen molar-refractivity contribution in [2.24, 2.45) is 0 Å². The molecule has 4 nitrogen and oxygen atoms in total. The largest absolute Gasteiger partial charge is 0.465 e. The van der Waals surface area contributed by atoms with Gasteiger partial charge in [-0.1, -0.05) is 6.07 Å². The van der Waals surface area contributed by atoms with Crippen LogP contribution in [0.1, 0.15) is 15.9 Å². The van der Waals surface area contributed by atoms with E-state index < -0.39 is 0 Å². The number of methoxy groups -OCH3 is 1. The van der Waals surface area contributed by atoms with Crippen LogP contribution in [0.15, 0.2) is 24.3 Å². The first kappa shape index (κ1) is 10.9. The van der Waals surface area contributed by atoms with Gasteiger partial charge in [-0.3, -0.25) is 0 Å². The van der Waals surface area contributed by atoms with Crippen LogP contribution in [-0.4, -0.2) is 19.9 Å². The first-order valence-corrected chi connectivity index (χ1v) is 5.61. The lowest BCUT2D eigenvalue weighted by Gasteiger charge is -2.07. The minimum absolute atomic E-state index is 0.245.